The van der Waals surface area contributed by atoms with E-state index in [0.717, 1.165) is 0 Å². The fourth-order valence-corrected chi connectivity index (χ4v) is 1.69. The molecule has 2 N–H and O–H groups in total. The second kappa shape index (κ2) is 6.46. The summed E-state index contributed by atoms with van der Waals surface area (Å²) < 4.78 is 119. The van der Waals surface area contributed by atoms with E-state index in [0.29, 0.717) is 0 Å². The Balaban J connectivity index is 5.22. The van der Waals surface area contributed by atoms with Gasteiger partial charge in [0, 0.05) is 0 Å². The lowest BCUT2D eigenvalue weighted by atomic mass is 10.2. The Morgan fingerprint density at radius 3 is 1.78 bits per heavy atom. The highest BCUT2D eigenvalue weighted by atomic mass is 32.2. The number of carboxylic acid groups (broad SMARTS) is 1. The molecule has 0 aromatic carbocycles. The van der Waals surface area contributed by atoms with Crippen LogP contribution in [0.15, 0.2) is 0 Å². The molecule has 23 heavy (non-hydrogen) atoms. The molecule has 0 aromatic heterocycles. The highest BCUT2D eigenvalue weighted by molar-refractivity contribution is 7.87. The zero-order valence-electron chi connectivity index (χ0n) is 10.5. The monoisotopic (exact) mass is 380 g/mol. The molecular weight excluding hydrogens is 373 g/mol. The van der Waals surface area contributed by atoms with Gasteiger partial charge in [-0.05, 0) is 0 Å². The van der Waals surface area contributed by atoms with Crippen molar-refractivity contribution >= 4 is 22.1 Å². The minimum absolute atomic E-state index is 1.70. The molecule has 0 aliphatic carbocycles. The molecular formula is C8H7F7O7S. The van der Waals surface area contributed by atoms with E-state index >= 15 is 0 Å². The van der Waals surface area contributed by atoms with Crippen molar-refractivity contribution in [3.63, 3.8) is 0 Å². The molecule has 136 valence electrons. The molecule has 0 aliphatic heterocycles. The normalized spacial score (nSPS) is 15.1. The van der Waals surface area contributed by atoms with E-state index in [1.807, 2.05) is 0 Å². The van der Waals surface area contributed by atoms with Crippen molar-refractivity contribution in [1.29, 1.82) is 0 Å². The Bertz CT molecular complexity index is 568. The molecule has 0 amide bonds. The van der Waals surface area contributed by atoms with Gasteiger partial charge in [-0.15, -0.1) is 0 Å². The average Bonchev–Trinajstić information content (AvgIpc) is 2.30. The fourth-order valence-electron chi connectivity index (χ4n) is 1.02. The van der Waals surface area contributed by atoms with Crippen LogP contribution in [-0.4, -0.2) is 59.9 Å². The van der Waals surface area contributed by atoms with Crippen molar-refractivity contribution in [3.8, 4) is 0 Å². The van der Waals surface area contributed by atoms with Crippen molar-refractivity contribution in [1.82, 2.24) is 0 Å². The van der Waals surface area contributed by atoms with Gasteiger partial charge in [0.05, 0.1) is 6.42 Å². The number of alkyl halides is 7. The Morgan fingerprint density at radius 1 is 1.04 bits per heavy atom. The SMILES string of the molecule is O=C(O)CC(C(=O)OCC(F)(F)C(F)(F)C(F)(F)F)S(=O)(=O)O. The molecule has 1 atom stereocenters. The van der Waals surface area contributed by atoms with E-state index in [1.165, 1.54) is 0 Å². The van der Waals surface area contributed by atoms with Crippen LogP contribution >= 0.6 is 0 Å². The highest BCUT2D eigenvalue weighted by Crippen LogP contribution is 2.46. The molecule has 0 bridgehead atoms. The molecule has 0 radical (unpaired) electrons. The first-order valence-corrected chi connectivity index (χ1v) is 6.61. The molecule has 0 rings (SSSR count). The quantitative estimate of drug-likeness (QED) is 0.386. The molecule has 0 spiro atoms. The molecule has 0 fully saturated rings. The van der Waals surface area contributed by atoms with E-state index in [1.54, 1.807) is 0 Å². The maximum Gasteiger partial charge on any atom is 0.460 e. The third-order valence-electron chi connectivity index (χ3n) is 2.19. The zero-order valence-corrected chi connectivity index (χ0v) is 11.3. The first-order valence-electron chi connectivity index (χ1n) is 5.10. The molecule has 0 saturated heterocycles. The van der Waals surface area contributed by atoms with Crippen LogP contribution in [0.1, 0.15) is 6.42 Å². The number of halogens is 7. The smallest absolute Gasteiger partial charge is 0.460 e. The zero-order chi connectivity index (χ0) is 18.9. The lowest BCUT2D eigenvalue weighted by Gasteiger charge is -2.27. The van der Waals surface area contributed by atoms with Gasteiger partial charge in [-0.25, -0.2) is 0 Å². The Morgan fingerprint density at radius 2 is 1.48 bits per heavy atom. The standard InChI is InChI=1S/C8H7F7O7S/c9-6(10,7(11,12)8(13,14)15)2-22-5(18)3(1-4(16)17)23(19,20)21/h3H,1-2H2,(H,16,17)(H,19,20,21). The number of esters is 1. The van der Waals surface area contributed by atoms with E-state index < -0.39 is 58.4 Å². The first kappa shape index (κ1) is 21.4. The Labute approximate surface area is 122 Å². The highest BCUT2D eigenvalue weighted by Gasteiger charge is 2.73. The summed E-state index contributed by atoms with van der Waals surface area (Å²) in [4.78, 5) is 21.3. The summed E-state index contributed by atoms with van der Waals surface area (Å²) in [6.45, 7) is -2.90. The number of aliphatic carboxylic acids is 1. The average molecular weight is 380 g/mol. The Kier molecular flexibility index (Phi) is 6.00. The third-order valence-corrected chi connectivity index (χ3v) is 3.27. The summed E-state index contributed by atoms with van der Waals surface area (Å²) in [6.07, 6.45) is -8.40. The third kappa shape index (κ3) is 5.19. The van der Waals surface area contributed by atoms with Gasteiger partial charge in [-0.2, -0.15) is 39.2 Å². The van der Waals surface area contributed by atoms with Crippen LogP contribution in [0.3, 0.4) is 0 Å². The molecule has 0 saturated carbocycles. The van der Waals surface area contributed by atoms with Crippen LogP contribution in [-0.2, 0) is 24.4 Å². The van der Waals surface area contributed by atoms with E-state index in [9.17, 15) is 48.7 Å². The van der Waals surface area contributed by atoms with Crippen LogP contribution in [0.2, 0.25) is 0 Å². The summed E-state index contributed by atoms with van der Waals surface area (Å²) in [5, 5.41) is 5.28. The van der Waals surface area contributed by atoms with E-state index in [-0.39, 0.29) is 0 Å². The number of carbonyl (C=O) groups is 2. The minimum Gasteiger partial charge on any atom is -0.481 e. The van der Waals surface area contributed by atoms with Gasteiger partial charge in [0.15, 0.2) is 11.9 Å². The summed E-state index contributed by atoms with van der Waals surface area (Å²) in [5.74, 6) is -17.0. The van der Waals surface area contributed by atoms with Crippen molar-refractivity contribution in [2.45, 2.75) is 29.7 Å². The maximum atomic E-state index is 12.8. The van der Waals surface area contributed by atoms with E-state index in [4.69, 9.17) is 9.66 Å². The number of hydrogen-bond acceptors (Lipinski definition) is 5. The second-order valence-electron chi connectivity index (χ2n) is 3.99. The van der Waals surface area contributed by atoms with Crippen LogP contribution in [0.5, 0.6) is 0 Å². The van der Waals surface area contributed by atoms with Gasteiger partial charge >= 0.3 is 30.0 Å². The Hall–Kier alpha value is -1.64. The summed E-state index contributed by atoms with van der Waals surface area (Å²) in [5.41, 5.74) is 0. The fraction of sp³-hybridized carbons (Fsp3) is 0.750. The molecule has 1 unspecified atom stereocenters. The second-order valence-corrected chi connectivity index (χ2v) is 5.58. The van der Waals surface area contributed by atoms with Crippen molar-refractivity contribution in [3.05, 3.63) is 0 Å². The van der Waals surface area contributed by atoms with Crippen LogP contribution < -0.4 is 0 Å². The van der Waals surface area contributed by atoms with Crippen LogP contribution in [0.4, 0.5) is 30.7 Å². The van der Waals surface area contributed by atoms with Gasteiger partial charge in [-0.3, -0.25) is 14.1 Å². The van der Waals surface area contributed by atoms with Crippen LogP contribution in [0, 0.1) is 0 Å². The van der Waals surface area contributed by atoms with Gasteiger partial charge in [0.1, 0.15) is 0 Å². The summed E-state index contributed by atoms with van der Waals surface area (Å²) in [6, 6.07) is 0. The summed E-state index contributed by atoms with van der Waals surface area (Å²) >= 11 is 0. The van der Waals surface area contributed by atoms with Gasteiger partial charge in [0.2, 0.25) is 0 Å². The largest absolute Gasteiger partial charge is 0.481 e. The number of carbonyl (C=O) groups excluding carboxylic acids is 1. The predicted octanol–water partition coefficient (Wildman–Crippen LogP) is 1.09. The van der Waals surface area contributed by atoms with Crippen molar-refractivity contribution in [2.24, 2.45) is 0 Å². The maximum absolute atomic E-state index is 12.8. The number of ether oxygens (including phenoxy) is 1. The topological polar surface area (TPSA) is 118 Å². The van der Waals surface area contributed by atoms with Gasteiger partial charge < -0.3 is 9.84 Å². The first-order chi connectivity index (χ1) is 9.93. The summed E-state index contributed by atoms with van der Waals surface area (Å²) in [7, 11) is -5.50. The number of carboxylic acids is 1. The number of rotatable bonds is 7. The minimum atomic E-state index is -6.70. The lowest BCUT2D eigenvalue weighted by Crippen LogP contribution is -2.54. The number of hydrogen-bond donors (Lipinski definition) is 2. The van der Waals surface area contributed by atoms with Crippen LogP contribution in [0.25, 0.3) is 0 Å². The van der Waals surface area contributed by atoms with Crippen molar-refractivity contribution in [2.75, 3.05) is 6.61 Å². The van der Waals surface area contributed by atoms with Gasteiger partial charge in [-0.1, -0.05) is 0 Å². The molecule has 0 aliphatic rings. The molecule has 15 heteroatoms. The predicted molar refractivity (Wildman–Crippen MR) is 54.5 cm³/mol. The molecule has 0 aromatic rings. The molecule has 0 heterocycles. The lowest BCUT2D eigenvalue weighted by molar-refractivity contribution is -0.359. The molecule has 7 nitrogen and oxygen atoms in total. The van der Waals surface area contributed by atoms with Crippen molar-refractivity contribution < 1.29 is 63.1 Å². The van der Waals surface area contributed by atoms with E-state index in [2.05, 4.69) is 4.74 Å². The van der Waals surface area contributed by atoms with Gasteiger partial charge in [0.25, 0.3) is 10.1 Å².